The van der Waals surface area contributed by atoms with Crippen LogP contribution in [0.25, 0.3) is 0 Å². The largest absolute Gasteiger partial charge is 0.476 e. The first kappa shape index (κ1) is 17.1. The van der Waals surface area contributed by atoms with Gasteiger partial charge in [-0.25, -0.2) is 14.6 Å². The molecule has 7 nitrogen and oxygen atoms in total. The number of nitrogens with zero attached hydrogens (tertiary/aromatic N) is 2. The van der Waals surface area contributed by atoms with Crippen molar-refractivity contribution >= 4 is 23.3 Å². The number of thiazole rings is 1. The number of carbonyl (C=O) groups excluding carboxylic acids is 1. The van der Waals surface area contributed by atoms with Crippen LogP contribution in [0.5, 0.6) is 0 Å². The molecule has 1 heterocycles. The van der Waals surface area contributed by atoms with Gasteiger partial charge in [0.15, 0.2) is 5.69 Å². The average molecular weight is 313 g/mol. The summed E-state index contributed by atoms with van der Waals surface area (Å²) in [5.74, 6) is -1.08. The summed E-state index contributed by atoms with van der Waals surface area (Å²) in [6.07, 6.45) is 1.63. The maximum Gasteiger partial charge on any atom is 0.355 e. The number of rotatable bonds is 8. The number of carboxylic acids is 1. The Morgan fingerprint density at radius 2 is 2.38 bits per heavy atom. The highest BCUT2D eigenvalue weighted by Gasteiger charge is 2.18. The van der Waals surface area contributed by atoms with E-state index in [1.165, 1.54) is 16.7 Å². The fraction of sp³-hybridized carbons (Fsp3) is 0.462. The minimum atomic E-state index is -1.08. The van der Waals surface area contributed by atoms with E-state index in [0.29, 0.717) is 24.7 Å². The fourth-order valence-electron chi connectivity index (χ4n) is 1.56. The molecule has 1 unspecified atom stereocenters. The molecule has 116 valence electrons. The third kappa shape index (κ3) is 5.16. The van der Waals surface area contributed by atoms with E-state index >= 15 is 0 Å². The molecule has 0 fully saturated rings. The van der Waals surface area contributed by atoms with Gasteiger partial charge in [0.2, 0.25) is 0 Å². The van der Waals surface area contributed by atoms with E-state index in [0.717, 1.165) is 0 Å². The van der Waals surface area contributed by atoms with Crippen LogP contribution in [0.3, 0.4) is 0 Å². The summed E-state index contributed by atoms with van der Waals surface area (Å²) in [4.78, 5) is 28.5. The van der Waals surface area contributed by atoms with E-state index in [-0.39, 0.29) is 17.8 Å². The normalized spacial score (nSPS) is 11.7. The summed E-state index contributed by atoms with van der Waals surface area (Å²) in [6.45, 7) is 6.64. The molecule has 1 aromatic heterocycles. The number of hydrogen-bond acceptors (Lipinski definition) is 5. The second-order valence-electron chi connectivity index (χ2n) is 4.27. The summed E-state index contributed by atoms with van der Waals surface area (Å²) in [5, 5.41) is 13.6. The van der Waals surface area contributed by atoms with Crippen LogP contribution in [-0.2, 0) is 4.74 Å². The van der Waals surface area contributed by atoms with Crippen LogP contribution in [0.4, 0.5) is 4.79 Å². The van der Waals surface area contributed by atoms with Gasteiger partial charge in [-0.15, -0.1) is 17.9 Å². The second kappa shape index (κ2) is 8.38. The van der Waals surface area contributed by atoms with E-state index in [2.05, 4.69) is 16.9 Å². The Bertz CT molecular complexity index is 503. The summed E-state index contributed by atoms with van der Waals surface area (Å²) in [6, 6.07) is -0.642. The highest BCUT2D eigenvalue weighted by atomic mass is 32.1. The van der Waals surface area contributed by atoms with Crippen LogP contribution in [0.2, 0.25) is 0 Å². The molecule has 1 atom stereocenters. The predicted octanol–water partition coefficient (Wildman–Crippen LogP) is 1.75. The zero-order valence-electron chi connectivity index (χ0n) is 12.0. The minimum Gasteiger partial charge on any atom is -0.476 e. The van der Waals surface area contributed by atoms with Crippen LogP contribution >= 0.6 is 11.3 Å². The molecule has 0 aliphatic carbocycles. The molecule has 1 rings (SSSR count). The summed E-state index contributed by atoms with van der Waals surface area (Å²) < 4.78 is 4.96. The lowest BCUT2D eigenvalue weighted by atomic mass is 10.3. The molecule has 0 bridgehead atoms. The van der Waals surface area contributed by atoms with Gasteiger partial charge in [-0.05, 0) is 6.92 Å². The molecular weight excluding hydrogens is 294 g/mol. The maximum atomic E-state index is 12.1. The van der Waals surface area contributed by atoms with Crippen LogP contribution < -0.4 is 5.32 Å². The second-order valence-corrected chi connectivity index (χ2v) is 5.16. The zero-order valence-corrected chi connectivity index (χ0v) is 12.9. The number of aromatic nitrogens is 1. The third-order valence-corrected chi connectivity index (χ3v) is 3.68. The van der Waals surface area contributed by atoms with Crippen molar-refractivity contribution in [3.8, 4) is 0 Å². The standard InChI is InChI=1S/C13H19N3O4S/c1-4-5-16(6-7-20-3)13(19)14-9(2)11-15-10(8-21-11)12(17)18/h4,8-9H,1,5-7H2,2-3H3,(H,14,19)(H,17,18). The number of carbonyl (C=O) groups is 2. The van der Waals surface area contributed by atoms with Crippen molar-refractivity contribution < 1.29 is 19.4 Å². The zero-order chi connectivity index (χ0) is 15.8. The first-order chi connectivity index (χ1) is 9.99. The quantitative estimate of drug-likeness (QED) is 0.713. The van der Waals surface area contributed by atoms with Gasteiger partial charge in [-0.3, -0.25) is 0 Å². The molecule has 0 aliphatic heterocycles. The van der Waals surface area contributed by atoms with E-state index in [1.54, 1.807) is 25.0 Å². The molecule has 21 heavy (non-hydrogen) atoms. The predicted molar refractivity (Wildman–Crippen MR) is 79.7 cm³/mol. The molecule has 0 aromatic carbocycles. The van der Waals surface area contributed by atoms with Gasteiger partial charge < -0.3 is 20.1 Å². The Morgan fingerprint density at radius 3 is 2.90 bits per heavy atom. The summed E-state index contributed by atoms with van der Waals surface area (Å²) in [7, 11) is 1.57. The molecular formula is C13H19N3O4S. The number of methoxy groups -OCH3 is 1. The van der Waals surface area contributed by atoms with Gasteiger partial charge in [0.05, 0.1) is 12.6 Å². The molecule has 0 saturated carbocycles. The van der Waals surface area contributed by atoms with Crippen LogP contribution in [0, 0.1) is 0 Å². The SMILES string of the molecule is C=CCN(CCOC)C(=O)NC(C)c1nc(C(=O)O)cs1. The lowest BCUT2D eigenvalue weighted by Gasteiger charge is -2.23. The maximum absolute atomic E-state index is 12.1. The van der Waals surface area contributed by atoms with E-state index < -0.39 is 5.97 Å². The van der Waals surface area contributed by atoms with Crippen LogP contribution in [0.1, 0.15) is 28.5 Å². The molecule has 0 aliphatic rings. The van der Waals surface area contributed by atoms with Gasteiger partial charge in [0.1, 0.15) is 5.01 Å². The molecule has 2 N–H and O–H groups in total. The molecule has 8 heteroatoms. The van der Waals surface area contributed by atoms with Gasteiger partial charge in [0.25, 0.3) is 0 Å². The Kier molecular flexibility index (Phi) is 6.83. The Labute approximate surface area is 127 Å². The van der Waals surface area contributed by atoms with Crippen molar-refractivity contribution in [3.63, 3.8) is 0 Å². The Balaban J connectivity index is 2.65. The van der Waals surface area contributed by atoms with E-state index in [1.807, 2.05) is 0 Å². The van der Waals surface area contributed by atoms with E-state index in [4.69, 9.17) is 9.84 Å². The van der Waals surface area contributed by atoms with Crippen molar-refractivity contribution in [2.75, 3.05) is 26.8 Å². The Hall–Kier alpha value is -1.93. The number of amides is 2. The van der Waals surface area contributed by atoms with E-state index in [9.17, 15) is 9.59 Å². The smallest absolute Gasteiger partial charge is 0.355 e. The highest BCUT2D eigenvalue weighted by molar-refractivity contribution is 7.09. The molecule has 1 aromatic rings. The first-order valence-corrected chi connectivity index (χ1v) is 7.21. The lowest BCUT2D eigenvalue weighted by molar-refractivity contribution is 0.0691. The van der Waals surface area contributed by atoms with Crippen molar-refractivity contribution in [2.24, 2.45) is 0 Å². The van der Waals surface area contributed by atoms with Crippen molar-refractivity contribution in [1.29, 1.82) is 0 Å². The fourth-order valence-corrected chi connectivity index (χ4v) is 2.36. The topological polar surface area (TPSA) is 91.8 Å². The minimum absolute atomic E-state index is 0.0153. The summed E-state index contributed by atoms with van der Waals surface area (Å²) >= 11 is 1.20. The van der Waals surface area contributed by atoms with Crippen molar-refractivity contribution in [2.45, 2.75) is 13.0 Å². The highest BCUT2D eigenvalue weighted by Crippen LogP contribution is 2.18. The van der Waals surface area contributed by atoms with Crippen molar-refractivity contribution in [1.82, 2.24) is 15.2 Å². The number of carboxylic acid groups (broad SMARTS) is 1. The molecule has 0 radical (unpaired) electrons. The monoisotopic (exact) mass is 313 g/mol. The Morgan fingerprint density at radius 1 is 1.67 bits per heavy atom. The summed E-state index contributed by atoms with van der Waals surface area (Å²) in [5.41, 5.74) is -0.0153. The van der Waals surface area contributed by atoms with Crippen LogP contribution in [0.15, 0.2) is 18.0 Å². The van der Waals surface area contributed by atoms with Gasteiger partial charge in [-0.1, -0.05) is 6.08 Å². The number of aromatic carboxylic acids is 1. The number of nitrogens with one attached hydrogen (secondary N) is 1. The number of ether oxygens (including phenoxy) is 1. The van der Waals surface area contributed by atoms with Crippen molar-refractivity contribution in [3.05, 3.63) is 28.7 Å². The molecule has 0 saturated heterocycles. The molecule has 2 amide bonds. The third-order valence-electron chi connectivity index (χ3n) is 2.65. The average Bonchev–Trinajstić information content (AvgIpc) is 2.93. The van der Waals surface area contributed by atoms with Crippen LogP contribution in [-0.4, -0.2) is 53.8 Å². The molecule has 0 spiro atoms. The number of urea groups is 1. The van der Waals surface area contributed by atoms with Gasteiger partial charge in [0, 0.05) is 25.6 Å². The van der Waals surface area contributed by atoms with Gasteiger partial charge in [-0.2, -0.15) is 0 Å². The van der Waals surface area contributed by atoms with Gasteiger partial charge >= 0.3 is 12.0 Å². The lowest BCUT2D eigenvalue weighted by Crippen LogP contribution is -2.42. The number of hydrogen-bond donors (Lipinski definition) is 2. The first-order valence-electron chi connectivity index (χ1n) is 6.33.